The Hall–Kier alpha value is -1.75. The van der Waals surface area contributed by atoms with Crippen molar-refractivity contribution in [1.82, 2.24) is 10.2 Å². The zero-order chi connectivity index (χ0) is 18.1. The summed E-state index contributed by atoms with van der Waals surface area (Å²) in [4.78, 5) is 7.13. The van der Waals surface area contributed by atoms with E-state index in [0.29, 0.717) is 12.5 Å². The van der Waals surface area contributed by atoms with Gasteiger partial charge in [0.2, 0.25) is 0 Å². The first-order valence-electron chi connectivity index (χ1n) is 9.46. The van der Waals surface area contributed by atoms with Gasteiger partial charge in [-0.1, -0.05) is 17.7 Å². The molecule has 5 heteroatoms. The van der Waals surface area contributed by atoms with Crippen molar-refractivity contribution < 1.29 is 9.47 Å². The Bertz CT molecular complexity index is 530. The molecule has 140 valence electrons. The molecule has 1 aliphatic rings. The van der Waals surface area contributed by atoms with E-state index in [-0.39, 0.29) is 6.10 Å². The molecule has 0 aliphatic carbocycles. The van der Waals surface area contributed by atoms with E-state index < -0.39 is 0 Å². The quantitative estimate of drug-likeness (QED) is 0.580. The number of ether oxygens (including phenoxy) is 2. The molecule has 0 bridgehead atoms. The molecular weight excluding hydrogens is 314 g/mol. The van der Waals surface area contributed by atoms with Crippen LogP contribution in [-0.4, -0.2) is 56.4 Å². The van der Waals surface area contributed by atoms with Gasteiger partial charge in [0.1, 0.15) is 11.9 Å². The number of rotatable bonds is 8. The Balaban J connectivity index is 1.87. The highest BCUT2D eigenvalue weighted by molar-refractivity contribution is 5.80. The third-order valence-electron chi connectivity index (χ3n) is 4.33. The van der Waals surface area contributed by atoms with E-state index in [4.69, 9.17) is 14.5 Å². The Labute approximate surface area is 152 Å². The van der Waals surface area contributed by atoms with Crippen LogP contribution >= 0.6 is 0 Å². The lowest BCUT2D eigenvalue weighted by atomic mass is 10.1. The number of hydrogen-bond acceptors (Lipinski definition) is 3. The Morgan fingerprint density at radius 1 is 1.32 bits per heavy atom. The van der Waals surface area contributed by atoms with Gasteiger partial charge in [-0.3, -0.25) is 0 Å². The van der Waals surface area contributed by atoms with Crippen molar-refractivity contribution in [3.05, 3.63) is 29.8 Å². The maximum absolute atomic E-state index is 5.96. The lowest BCUT2D eigenvalue weighted by molar-refractivity contribution is 0.114. The fourth-order valence-electron chi connectivity index (χ4n) is 2.97. The number of guanidine groups is 1. The highest BCUT2D eigenvalue weighted by Gasteiger charge is 2.25. The van der Waals surface area contributed by atoms with Crippen LogP contribution in [0, 0.1) is 12.8 Å². The van der Waals surface area contributed by atoms with Gasteiger partial charge in [-0.15, -0.1) is 0 Å². The van der Waals surface area contributed by atoms with Crippen molar-refractivity contribution in [2.24, 2.45) is 10.9 Å². The van der Waals surface area contributed by atoms with Crippen LogP contribution in [0.5, 0.6) is 5.75 Å². The van der Waals surface area contributed by atoms with E-state index >= 15 is 0 Å². The summed E-state index contributed by atoms with van der Waals surface area (Å²) in [5.74, 6) is 2.49. The van der Waals surface area contributed by atoms with Crippen molar-refractivity contribution >= 4 is 5.96 Å². The molecule has 0 radical (unpaired) electrons. The van der Waals surface area contributed by atoms with Crippen LogP contribution in [0.1, 0.15) is 32.8 Å². The SMILES string of the molecule is CCNC(=NCC(C)Oc1ccc(C)cc1)N1CCC(COCC)C1. The number of benzene rings is 1. The highest BCUT2D eigenvalue weighted by atomic mass is 16.5. The Kier molecular flexibility index (Phi) is 8.06. The van der Waals surface area contributed by atoms with Crippen LogP contribution in [0.15, 0.2) is 29.3 Å². The Morgan fingerprint density at radius 2 is 2.08 bits per heavy atom. The van der Waals surface area contributed by atoms with Crippen molar-refractivity contribution in [3.8, 4) is 5.75 Å². The topological polar surface area (TPSA) is 46.1 Å². The second-order valence-electron chi connectivity index (χ2n) is 6.70. The van der Waals surface area contributed by atoms with Gasteiger partial charge in [0, 0.05) is 32.2 Å². The van der Waals surface area contributed by atoms with Gasteiger partial charge in [-0.25, -0.2) is 4.99 Å². The number of hydrogen-bond donors (Lipinski definition) is 1. The fraction of sp³-hybridized carbons (Fsp3) is 0.650. The van der Waals surface area contributed by atoms with Gasteiger partial charge in [0.05, 0.1) is 13.2 Å². The largest absolute Gasteiger partial charge is 0.489 e. The first kappa shape index (κ1) is 19.6. The van der Waals surface area contributed by atoms with E-state index in [9.17, 15) is 0 Å². The van der Waals surface area contributed by atoms with Gasteiger partial charge in [0.15, 0.2) is 5.96 Å². The molecule has 2 rings (SSSR count). The van der Waals surface area contributed by atoms with Crippen LogP contribution in [0.25, 0.3) is 0 Å². The van der Waals surface area contributed by atoms with Crippen LogP contribution in [0.3, 0.4) is 0 Å². The molecule has 2 unspecified atom stereocenters. The van der Waals surface area contributed by atoms with Gasteiger partial charge in [-0.05, 0) is 46.2 Å². The smallest absolute Gasteiger partial charge is 0.194 e. The van der Waals surface area contributed by atoms with Crippen molar-refractivity contribution in [1.29, 1.82) is 0 Å². The average molecular weight is 348 g/mol. The molecule has 1 aliphatic heterocycles. The zero-order valence-electron chi connectivity index (χ0n) is 16.1. The molecule has 0 spiro atoms. The second-order valence-corrected chi connectivity index (χ2v) is 6.70. The molecule has 1 fully saturated rings. The van der Waals surface area contributed by atoms with Gasteiger partial charge in [-0.2, -0.15) is 0 Å². The molecule has 25 heavy (non-hydrogen) atoms. The van der Waals surface area contributed by atoms with Gasteiger partial charge in [0.25, 0.3) is 0 Å². The number of nitrogens with one attached hydrogen (secondary N) is 1. The first-order chi connectivity index (χ1) is 12.1. The zero-order valence-corrected chi connectivity index (χ0v) is 16.1. The predicted molar refractivity (Wildman–Crippen MR) is 103 cm³/mol. The van der Waals surface area contributed by atoms with Gasteiger partial charge < -0.3 is 19.7 Å². The van der Waals surface area contributed by atoms with Crippen LogP contribution in [0.2, 0.25) is 0 Å². The summed E-state index contributed by atoms with van der Waals surface area (Å²) in [5.41, 5.74) is 1.24. The number of likely N-dealkylation sites (tertiary alicyclic amines) is 1. The lowest BCUT2D eigenvalue weighted by Crippen LogP contribution is -2.41. The van der Waals surface area contributed by atoms with E-state index in [0.717, 1.165) is 44.6 Å². The van der Waals surface area contributed by atoms with E-state index in [1.807, 2.05) is 19.1 Å². The number of aliphatic imine (C=N–C) groups is 1. The molecule has 0 amide bonds. The Morgan fingerprint density at radius 3 is 2.76 bits per heavy atom. The molecule has 1 aromatic rings. The second kappa shape index (κ2) is 10.3. The summed E-state index contributed by atoms with van der Waals surface area (Å²) in [6.45, 7) is 13.5. The van der Waals surface area contributed by atoms with E-state index in [1.54, 1.807) is 0 Å². The third kappa shape index (κ3) is 6.58. The minimum Gasteiger partial charge on any atom is -0.489 e. The predicted octanol–water partition coefficient (Wildman–Crippen LogP) is 3.09. The highest BCUT2D eigenvalue weighted by Crippen LogP contribution is 2.17. The standard InChI is InChI=1S/C20H33N3O2/c1-5-21-20(23-12-11-18(14-23)15-24-6-2)22-13-17(4)25-19-9-7-16(3)8-10-19/h7-10,17-18H,5-6,11-15H2,1-4H3,(H,21,22). The normalized spacial score (nSPS) is 19.1. The van der Waals surface area contributed by atoms with E-state index in [2.05, 4.69) is 43.1 Å². The number of nitrogens with zero attached hydrogens (tertiary/aromatic N) is 2. The van der Waals surface area contributed by atoms with Gasteiger partial charge >= 0.3 is 0 Å². The summed E-state index contributed by atoms with van der Waals surface area (Å²) >= 11 is 0. The van der Waals surface area contributed by atoms with Crippen LogP contribution in [0.4, 0.5) is 0 Å². The van der Waals surface area contributed by atoms with Crippen LogP contribution < -0.4 is 10.1 Å². The average Bonchev–Trinajstić information content (AvgIpc) is 3.07. The summed E-state index contributed by atoms with van der Waals surface area (Å²) in [6.07, 6.45) is 1.21. The third-order valence-corrected chi connectivity index (χ3v) is 4.33. The molecule has 1 aromatic carbocycles. The number of aryl methyl sites for hydroxylation is 1. The molecule has 0 saturated carbocycles. The van der Waals surface area contributed by atoms with Crippen molar-refractivity contribution in [2.75, 3.05) is 39.4 Å². The maximum Gasteiger partial charge on any atom is 0.194 e. The maximum atomic E-state index is 5.96. The van der Waals surface area contributed by atoms with Crippen molar-refractivity contribution in [3.63, 3.8) is 0 Å². The molecular formula is C20H33N3O2. The summed E-state index contributed by atoms with van der Waals surface area (Å²) in [5, 5.41) is 3.41. The minimum atomic E-state index is 0.0400. The summed E-state index contributed by atoms with van der Waals surface area (Å²) < 4.78 is 11.5. The fourth-order valence-corrected chi connectivity index (χ4v) is 2.97. The molecule has 1 heterocycles. The monoisotopic (exact) mass is 347 g/mol. The molecule has 2 atom stereocenters. The summed E-state index contributed by atoms with van der Waals surface area (Å²) in [6, 6.07) is 8.16. The molecule has 5 nitrogen and oxygen atoms in total. The van der Waals surface area contributed by atoms with E-state index in [1.165, 1.54) is 12.0 Å². The summed E-state index contributed by atoms with van der Waals surface area (Å²) in [7, 11) is 0. The lowest BCUT2D eigenvalue weighted by Gasteiger charge is -2.22. The first-order valence-corrected chi connectivity index (χ1v) is 9.46. The van der Waals surface area contributed by atoms with Crippen LogP contribution in [-0.2, 0) is 4.74 Å². The molecule has 1 N–H and O–H groups in total. The molecule has 1 saturated heterocycles. The minimum absolute atomic E-state index is 0.0400. The molecule has 0 aromatic heterocycles. The van der Waals surface area contributed by atoms with Crippen molar-refractivity contribution in [2.45, 2.75) is 40.2 Å².